The summed E-state index contributed by atoms with van der Waals surface area (Å²) in [7, 11) is 0. The largest absolute Gasteiger partial charge is 0.359 e. The van der Waals surface area contributed by atoms with E-state index in [9.17, 15) is 4.79 Å². The van der Waals surface area contributed by atoms with Crippen LogP contribution in [0.3, 0.4) is 0 Å². The minimum absolute atomic E-state index is 0.0475. The number of thiazole rings is 1. The van der Waals surface area contributed by atoms with Crippen LogP contribution in [0.2, 0.25) is 0 Å². The van der Waals surface area contributed by atoms with Crippen molar-refractivity contribution in [3.05, 3.63) is 34.1 Å². The van der Waals surface area contributed by atoms with Crippen molar-refractivity contribution >= 4 is 16.5 Å². The molecule has 1 N–H and O–H groups in total. The highest BCUT2D eigenvalue weighted by Gasteiger charge is 2.10. The van der Waals surface area contributed by atoms with Crippen LogP contribution in [0.4, 0.5) is 5.13 Å². The van der Waals surface area contributed by atoms with Crippen LogP contribution < -0.4 is 10.9 Å². The summed E-state index contributed by atoms with van der Waals surface area (Å²) in [6.45, 7) is 7.16. The Morgan fingerprint density at radius 1 is 1.43 bits per heavy atom. The fourth-order valence-corrected chi connectivity index (χ4v) is 2.84. The summed E-state index contributed by atoms with van der Waals surface area (Å²) in [5.41, 5.74) is 1.50. The summed E-state index contributed by atoms with van der Waals surface area (Å²) < 4.78 is 1.78. The van der Waals surface area contributed by atoms with E-state index in [0.717, 1.165) is 36.6 Å². The zero-order valence-electron chi connectivity index (χ0n) is 12.9. The Balaban J connectivity index is 2.24. The van der Waals surface area contributed by atoms with Crippen molar-refractivity contribution in [2.45, 2.75) is 52.6 Å². The van der Waals surface area contributed by atoms with E-state index in [1.807, 2.05) is 23.7 Å². The topological polar surface area (TPSA) is 46.9 Å². The summed E-state index contributed by atoms with van der Waals surface area (Å²) >= 11 is 1.55. The molecule has 0 radical (unpaired) electrons. The maximum absolute atomic E-state index is 12.5. The standard InChI is InChI=1S/C16H23N3OS/c1-4-6-9-19-10-7-8-13(15(19)20)14-11-21-16(18-14)17-12(3)5-2/h7-8,10-12H,4-6,9H2,1-3H3,(H,17,18). The normalized spacial score (nSPS) is 12.3. The van der Waals surface area contributed by atoms with Crippen LogP contribution in [0.15, 0.2) is 28.5 Å². The number of aryl methyl sites for hydroxylation is 1. The molecule has 0 amide bonds. The first kappa shape index (κ1) is 15.8. The predicted octanol–water partition coefficient (Wildman–Crippen LogP) is 3.98. The molecule has 0 aromatic carbocycles. The number of unbranched alkanes of at least 4 members (excludes halogenated alkanes) is 1. The number of hydrogen-bond donors (Lipinski definition) is 1. The third kappa shape index (κ3) is 3.94. The molecule has 0 saturated carbocycles. The van der Waals surface area contributed by atoms with Crippen LogP contribution in [0, 0.1) is 0 Å². The Morgan fingerprint density at radius 2 is 2.24 bits per heavy atom. The first-order valence-corrected chi connectivity index (χ1v) is 8.45. The molecule has 0 fully saturated rings. The van der Waals surface area contributed by atoms with E-state index in [-0.39, 0.29) is 5.56 Å². The number of nitrogens with one attached hydrogen (secondary N) is 1. The molecule has 4 nitrogen and oxygen atoms in total. The van der Waals surface area contributed by atoms with Crippen molar-refractivity contribution in [1.29, 1.82) is 0 Å². The molecule has 0 aliphatic heterocycles. The van der Waals surface area contributed by atoms with E-state index < -0.39 is 0 Å². The zero-order valence-corrected chi connectivity index (χ0v) is 13.7. The van der Waals surface area contributed by atoms with Gasteiger partial charge in [0, 0.05) is 24.2 Å². The van der Waals surface area contributed by atoms with Crippen molar-refractivity contribution in [3.8, 4) is 11.3 Å². The molecule has 0 saturated heterocycles. The van der Waals surface area contributed by atoms with Gasteiger partial charge in [-0.25, -0.2) is 4.98 Å². The van der Waals surface area contributed by atoms with E-state index in [0.29, 0.717) is 11.6 Å². The number of aromatic nitrogens is 2. The van der Waals surface area contributed by atoms with Gasteiger partial charge in [-0.05, 0) is 31.9 Å². The lowest BCUT2D eigenvalue weighted by atomic mass is 10.2. The van der Waals surface area contributed by atoms with Crippen molar-refractivity contribution in [2.75, 3.05) is 5.32 Å². The molecule has 2 rings (SSSR count). The molecule has 0 aliphatic carbocycles. The summed E-state index contributed by atoms with van der Waals surface area (Å²) in [5.74, 6) is 0. The van der Waals surface area contributed by atoms with Crippen LogP contribution in [0.25, 0.3) is 11.3 Å². The molecule has 1 atom stereocenters. The Kier molecular flexibility index (Phi) is 5.56. The molecule has 114 valence electrons. The zero-order chi connectivity index (χ0) is 15.2. The molecule has 21 heavy (non-hydrogen) atoms. The van der Waals surface area contributed by atoms with Crippen LogP contribution in [0.5, 0.6) is 0 Å². The third-order valence-corrected chi connectivity index (χ3v) is 4.31. The van der Waals surface area contributed by atoms with Gasteiger partial charge in [0.15, 0.2) is 5.13 Å². The van der Waals surface area contributed by atoms with Gasteiger partial charge in [0.25, 0.3) is 5.56 Å². The lowest BCUT2D eigenvalue weighted by Gasteiger charge is -2.09. The van der Waals surface area contributed by atoms with Gasteiger partial charge in [0.05, 0.1) is 11.3 Å². The summed E-state index contributed by atoms with van der Waals surface area (Å²) in [5, 5.41) is 6.18. The van der Waals surface area contributed by atoms with Gasteiger partial charge in [0.2, 0.25) is 0 Å². The van der Waals surface area contributed by atoms with Gasteiger partial charge >= 0.3 is 0 Å². The lowest BCUT2D eigenvalue weighted by molar-refractivity contribution is 0.614. The summed E-state index contributed by atoms with van der Waals surface area (Å²) in [6, 6.07) is 4.17. The van der Waals surface area contributed by atoms with Crippen LogP contribution >= 0.6 is 11.3 Å². The van der Waals surface area contributed by atoms with Crippen molar-refractivity contribution < 1.29 is 0 Å². The monoisotopic (exact) mass is 305 g/mol. The van der Waals surface area contributed by atoms with Gasteiger partial charge in [-0.15, -0.1) is 11.3 Å². The maximum atomic E-state index is 12.5. The SMILES string of the molecule is CCCCn1cccc(-c2csc(NC(C)CC)n2)c1=O. The Morgan fingerprint density at radius 3 is 2.95 bits per heavy atom. The fourth-order valence-electron chi connectivity index (χ4n) is 2.01. The second-order valence-corrected chi connectivity index (χ2v) is 6.12. The Hall–Kier alpha value is -1.62. The summed E-state index contributed by atoms with van der Waals surface area (Å²) in [4.78, 5) is 17.0. The molecule has 0 aliphatic rings. The average Bonchev–Trinajstić information content (AvgIpc) is 2.94. The average molecular weight is 305 g/mol. The van der Waals surface area contributed by atoms with Crippen LogP contribution in [-0.4, -0.2) is 15.6 Å². The number of nitrogens with zero attached hydrogens (tertiary/aromatic N) is 2. The molecule has 2 aromatic rings. The number of anilines is 1. The number of hydrogen-bond acceptors (Lipinski definition) is 4. The molecular weight excluding hydrogens is 282 g/mol. The van der Waals surface area contributed by atoms with Crippen molar-refractivity contribution in [3.63, 3.8) is 0 Å². The van der Waals surface area contributed by atoms with Gasteiger partial charge < -0.3 is 9.88 Å². The molecule has 5 heteroatoms. The van der Waals surface area contributed by atoms with Crippen LogP contribution in [0.1, 0.15) is 40.0 Å². The van der Waals surface area contributed by atoms with Gasteiger partial charge in [0.1, 0.15) is 0 Å². The smallest absolute Gasteiger partial charge is 0.260 e. The quantitative estimate of drug-likeness (QED) is 0.841. The van der Waals surface area contributed by atoms with Crippen molar-refractivity contribution in [2.24, 2.45) is 0 Å². The van der Waals surface area contributed by atoms with E-state index in [1.54, 1.807) is 15.9 Å². The number of pyridine rings is 1. The molecular formula is C16H23N3OS. The van der Waals surface area contributed by atoms with E-state index >= 15 is 0 Å². The van der Waals surface area contributed by atoms with E-state index in [1.165, 1.54) is 0 Å². The number of rotatable bonds is 7. The highest BCUT2D eigenvalue weighted by Crippen LogP contribution is 2.23. The minimum atomic E-state index is 0.0475. The van der Waals surface area contributed by atoms with Crippen molar-refractivity contribution in [1.82, 2.24) is 9.55 Å². The minimum Gasteiger partial charge on any atom is -0.359 e. The molecule has 0 bridgehead atoms. The molecule has 1 unspecified atom stereocenters. The van der Waals surface area contributed by atoms with Gasteiger partial charge in [-0.3, -0.25) is 4.79 Å². The Bertz CT molecular complexity index is 632. The van der Waals surface area contributed by atoms with E-state index in [2.05, 4.69) is 31.1 Å². The Labute approximate surface area is 129 Å². The molecule has 0 spiro atoms. The highest BCUT2D eigenvalue weighted by molar-refractivity contribution is 7.14. The highest BCUT2D eigenvalue weighted by atomic mass is 32.1. The van der Waals surface area contributed by atoms with Gasteiger partial charge in [-0.2, -0.15) is 0 Å². The van der Waals surface area contributed by atoms with Crippen LogP contribution in [-0.2, 0) is 6.54 Å². The maximum Gasteiger partial charge on any atom is 0.260 e. The second kappa shape index (κ2) is 7.41. The van der Waals surface area contributed by atoms with Gasteiger partial charge in [-0.1, -0.05) is 20.3 Å². The second-order valence-electron chi connectivity index (χ2n) is 5.27. The molecule has 2 aromatic heterocycles. The summed E-state index contributed by atoms with van der Waals surface area (Å²) in [6.07, 6.45) is 4.99. The predicted molar refractivity (Wildman–Crippen MR) is 90.1 cm³/mol. The van der Waals surface area contributed by atoms with E-state index in [4.69, 9.17) is 0 Å². The lowest BCUT2D eigenvalue weighted by Crippen LogP contribution is -2.21. The first-order chi connectivity index (χ1) is 10.2. The first-order valence-electron chi connectivity index (χ1n) is 7.57. The molecule has 2 heterocycles. The third-order valence-electron chi connectivity index (χ3n) is 3.54. The fraction of sp³-hybridized carbons (Fsp3) is 0.500.